The molecule has 0 spiro atoms. The minimum atomic E-state index is -0.328. The number of fused-ring (bicyclic) bond motifs is 1. The maximum Gasteiger partial charge on any atom is 0.341 e. The van der Waals surface area contributed by atoms with Crippen LogP contribution in [0.4, 0.5) is 5.00 Å². The number of hydrogen-bond donors (Lipinski definition) is 1. The van der Waals surface area contributed by atoms with E-state index in [9.17, 15) is 9.59 Å². The standard InChI is InChI=1S/C19H27NO3S/c1-19(2,3)12-8-9-13-14(10-12)24-17(15(13)18(22)23-4)20-16(21)11-6-5-7-11/h11-12H,5-10H2,1-4H3,(H,20,21). The SMILES string of the molecule is COC(=O)c1c(NC(=O)C2CCC2)sc2c1CCC(C(C)(C)C)C2. The van der Waals surface area contributed by atoms with E-state index in [2.05, 4.69) is 26.1 Å². The van der Waals surface area contributed by atoms with E-state index in [4.69, 9.17) is 4.74 Å². The topological polar surface area (TPSA) is 55.4 Å². The highest BCUT2D eigenvalue weighted by Crippen LogP contribution is 2.44. The molecule has 5 heteroatoms. The number of thiophene rings is 1. The summed E-state index contributed by atoms with van der Waals surface area (Å²) in [7, 11) is 1.41. The van der Waals surface area contributed by atoms with Gasteiger partial charge in [-0.3, -0.25) is 4.79 Å². The molecule has 1 N–H and O–H groups in total. The van der Waals surface area contributed by atoms with E-state index in [1.54, 1.807) is 11.3 Å². The average Bonchev–Trinajstić information content (AvgIpc) is 2.80. The molecule has 4 nitrogen and oxygen atoms in total. The molecule has 0 aliphatic heterocycles. The van der Waals surface area contributed by atoms with Crippen LogP contribution in [0, 0.1) is 17.3 Å². The lowest BCUT2D eigenvalue weighted by Crippen LogP contribution is -2.28. The highest BCUT2D eigenvalue weighted by Gasteiger charge is 2.35. The zero-order chi connectivity index (χ0) is 17.5. The van der Waals surface area contributed by atoms with Gasteiger partial charge in [-0.15, -0.1) is 11.3 Å². The van der Waals surface area contributed by atoms with Gasteiger partial charge in [-0.05, 0) is 49.0 Å². The Morgan fingerprint density at radius 3 is 2.46 bits per heavy atom. The largest absolute Gasteiger partial charge is 0.465 e. The van der Waals surface area contributed by atoms with Crippen LogP contribution in [-0.2, 0) is 22.4 Å². The summed E-state index contributed by atoms with van der Waals surface area (Å²) in [5, 5.41) is 3.71. The number of rotatable bonds is 3. The van der Waals surface area contributed by atoms with Crippen molar-refractivity contribution >= 4 is 28.2 Å². The predicted molar refractivity (Wildman–Crippen MR) is 96.6 cm³/mol. The van der Waals surface area contributed by atoms with Crippen molar-refractivity contribution < 1.29 is 14.3 Å². The van der Waals surface area contributed by atoms with Crippen LogP contribution in [0.25, 0.3) is 0 Å². The van der Waals surface area contributed by atoms with Crippen molar-refractivity contribution in [3.05, 3.63) is 16.0 Å². The van der Waals surface area contributed by atoms with Gasteiger partial charge < -0.3 is 10.1 Å². The number of nitrogens with one attached hydrogen (secondary N) is 1. The first kappa shape index (κ1) is 17.5. The van der Waals surface area contributed by atoms with Gasteiger partial charge in [-0.25, -0.2) is 4.79 Å². The van der Waals surface area contributed by atoms with Crippen molar-refractivity contribution in [3.63, 3.8) is 0 Å². The van der Waals surface area contributed by atoms with Crippen molar-refractivity contribution in [1.82, 2.24) is 0 Å². The Labute approximate surface area is 148 Å². The van der Waals surface area contributed by atoms with Crippen LogP contribution < -0.4 is 5.32 Å². The lowest BCUT2D eigenvalue weighted by atomic mass is 9.72. The fourth-order valence-corrected chi connectivity index (χ4v) is 4.93. The van der Waals surface area contributed by atoms with Gasteiger partial charge in [0.2, 0.25) is 5.91 Å². The van der Waals surface area contributed by atoms with Crippen molar-refractivity contribution in [3.8, 4) is 0 Å². The quantitative estimate of drug-likeness (QED) is 0.822. The summed E-state index contributed by atoms with van der Waals surface area (Å²) in [4.78, 5) is 25.9. The van der Waals surface area contributed by atoms with Crippen LogP contribution in [0.2, 0.25) is 0 Å². The minimum Gasteiger partial charge on any atom is -0.465 e. The third-order valence-corrected chi connectivity index (χ3v) is 6.76. The maximum absolute atomic E-state index is 12.3. The van der Waals surface area contributed by atoms with E-state index in [1.165, 1.54) is 12.0 Å². The van der Waals surface area contributed by atoms with Gasteiger partial charge in [-0.2, -0.15) is 0 Å². The number of methoxy groups -OCH3 is 1. The fraction of sp³-hybridized carbons (Fsp3) is 0.684. The summed E-state index contributed by atoms with van der Waals surface area (Å²) < 4.78 is 4.99. The Bertz CT molecular complexity index is 652. The summed E-state index contributed by atoms with van der Waals surface area (Å²) in [6.07, 6.45) is 5.97. The molecule has 1 atom stereocenters. The molecule has 0 aromatic carbocycles. The molecule has 0 radical (unpaired) electrons. The lowest BCUT2D eigenvalue weighted by Gasteiger charge is -2.33. The third kappa shape index (κ3) is 3.23. The van der Waals surface area contributed by atoms with Crippen molar-refractivity contribution in [2.45, 2.75) is 59.3 Å². The zero-order valence-corrected chi connectivity index (χ0v) is 15.8. The average molecular weight is 349 g/mol. The molecular weight excluding hydrogens is 322 g/mol. The molecule has 24 heavy (non-hydrogen) atoms. The van der Waals surface area contributed by atoms with Gasteiger partial charge in [-0.1, -0.05) is 27.2 Å². The van der Waals surface area contributed by atoms with E-state index in [1.807, 2.05) is 0 Å². The first-order valence-corrected chi connectivity index (χ1v) is 9.66. The summed E-state index contributed by atoms with van der Waals surface area (Å²) in [5.74, 6) is 0.435. The molecule has 1 heterocycles. The molecule has 2 aliphatic rings. The van der Waals surface area contributed by atoms with E-state index >= 15 is 0 Å². The van der Waals surface area contributed by atoms with Crippen LogP contribution in [0.1, 0.15) is 67.3 Å². The minimum absolute atomic E-state index is 0.0531. The molecule has 2 aliphatic carbocycles. The Balaban J connectivity index is 1.90. The second-order valence-electron chi connectivity index (χ2n) is 8.12. The van der Waals surface area contributed by atoms with Crippen LogP contribution in [0.3, 0.4) is 0 Å². The Hall–Kier alpha value is -1.36. The fourth-order valence-electron chi connectivity index (χ4n) is 3.62. The van der Waals surface area contributed by atoms with Gasteiger partial charge in [0.05, 0.1) is 12.7 Å². The number of carbonyl (C=O) groups excluding carboxylic acids is 2. The van der Waals surface area contributed by atoms with Crippen LogP contribution in [0.5, 0.6) is 0 Å². The molecule has 1 fully saturated rings. The van der Waals surface area contributed by atoms with E-state index in [-0.39, 0.29) is 23.2 Å². The Morgan fingerprint density at radius 2 is 1.92 bits per heavy atom. The zero-order valence-electron chi connectivity index (χ0n) is 15.0. The maximum atomic E-state index is 12.3. The first-order chi connectivity index (χ1) is 11.3. The lowest BCUT2D eigenvalue weighted by molar-refractivity contribution is -0.122. The molecule has 0 bridgehead atoms. The number of hydrogen-bond acceptors (Lipinski definition) is 4. The molecule has 0 saturated heterocycles. The van der Waals surface area contributed by atoms with Crippen molar-refractivity contribution in [2.75, 3.05) is 12.4 Å². The van der Waals surface area contributed by atoms with Crippen molar-refractivity contribution in [2.24, 2.45) is 17.3 Å². The third-order valence-electron chi connectivity index (χ3n) is 5.59. The van der Waals surface area contributed by atoms with Gasteiger partial charge >= 0.3 is 5.97 Å². The van der Waals surface area contributed by atoms with Crippen LogP contribution in [0.15, 0.2) is 0 Å². The van der Waals surface area contributed by atoms with Crippen LogP contribution in [-0.4, -0.2) is 19.0 Å². The summed E-state index contributed by atoms with van der Waals surface area (Å²) in [5.41, 5.74) is 1.94. The van der Waals surface area contributed by atoms with Gasteiger partial charge in [0.25, 0.3) is 0 Å². The summed E-state index contributed by atoms with van der Waals surface area (Å²) >= 11 is 1.57. The number of amides is 1. The smallest absolute Gasteiger partial charge is 0.341 e. The highest BCUT2D eigenvalue weighted by atomic mass is 32.1. The summed E-state index contributed by atoms with van der Waals surface area (Å²) in [6.45, 7) is 6.82. The predicted octanol–water partition coefficient (Wildman–Crippen LogP) is 4.42. The molecule has 1 saturated carbocycles. The monoisotopic (exact) mass is 349 g/mol. The van der Waals surface area contributed by atoms with Crippen LogP contribution >= 0.6 is 11.3 Å². The Morgan fingerprint density at radius 1 is 1.21 bits per heavy atom. The molecule has 132 valence electrons. The molecule has 1 unspecified atom stereocenters. The number of carbonyl (C=O) groups is 2. The van der Waals surface area contributed by atoms with E-state index in [0.717, 1.165) is 44.1 Å². The molecule has 1 aromatic heterocycles. The first-order valence-electron chi connectivity index (χ1n) is 8.85. The molecule has 3 rings (SSSR count). The second-order valence-corrected chi connectivity index (χ2v) is 9.23. The summed E-state index contributed by atoms with van der Waals surface area (Å²) in [6, 6.07) is 0. The molecule has 1 aromatic rings. The number of ether oxygens (including phenoxy) is 1. The highest BCUT2D eigenvalue weighted by molar-refractivity contribution is 7.17. The normalized spacial score (nSPS) is 20.9. The van der Waals surface area contributed by atoms with E-state index < -0.39 is 0 Å². The van der Waals surface area contributed by atoms with Gasteiger partial charge in [0.15, 0.2) is 0 Å². The van der Waals surface area contributed by atoms with E-state index in [0.29, 0.717) is 16.5 Å². The molecular formula is C19H27NO3S. The molecule has 1 amide bonds. The van der Waals surface area contributed by atoms with Gasteiger partial charge in [0.1, 0.15) is 5.00 Å². The van der Waals surface area contributed by atoms with Crippen molar-refractivity contribution in [1.29, 1.82) is 0 Å². The second kappa shape index (κ2) is 6.51. The Kier molecular flexibility index (Phi) is 4.73. The van der Waals surface area contributed by atoms with Gasteiger partial charge in [0, 0.05) is 10.8 Å². The number of esters is 1. The number of anilines is 1.